The maximum Gasteiger partial charge on any atom is 0.317 e. The van der Waals surface area contributed by atoms with E-state index in [0.29, 0.717) is 0 Å². The van der Waals surface area contributed by atoms with Crippen molar-refractivity contribution >= 4 is 23.5 Å². The Hall–Kier alpha value is -1.36. The molecule has 0 saturated carbocycles. The molecule has 0 atom stereocenters. The normalized spacial score (nSPS) is 14.9. The van der Waals surface area contributed by atoms with Gasteiger partial charge in [0.1, 0.15) is 0 Å². The number of nitrogens with one attached hydrogen (secondary N) is 2. The number of benzene rings is 1. The van der Waals surface area contributed by atoms with Crippen LogP contribution in [0.1, 0.15) is 0 Å². The van der Waals surface area contributed by atoms with Crippen LogP contribution < -0.4 is 10.6 Å². The standard InChI is InChI=1S/C12H17N3OS/c1-17-11-5-3-2-4-10(11)13-6-8-15-9-7-14-12(15)16/h2-5,13H,6-9H2,1H3,(H,14,16). The average Bonchev–Trinajstić information content (AvgIpc) is 2.76. The minimum absolute atomic E-state index is 0.0463. The number of hydrogen-bond donors (Lipinski definition) is 2. The topological polar surface area (TPSA) is 44.4 Å². The van der Waals surface area contributed by atoms with E-state index >= 15 is 0 Å². The Morgan fingerprint density at radius 3 is 3.00 bits per heavy atom. The Labute approximate surface area is 106 Å². The Bertz CT molecular complexity index is 397. The number of para-hydroxylation sites is 1. The van der Waals surface area contributed by atoms with Crippen molar-refractivity contribution in [2.45, 2.75) is 4.90 Å². The zero-order valence-electron chi connectivity index (χ0n) is 9.90. The molecule has 1 aromatic rings. The number of carbonyl (C=O) groups excluding carboxylic acids is 1. The summed E-state index contributed by atoms with van der Waals surface area (Å²) in [4.78, 5) is 14.4. The van der Waals surface area contributed by atoms with Gasteiger partial charge in [-0.05, 0) is 18.4 Å². The van der Waals surface area contributed by atoms with Crippen LogP contribution in [0.3, 0.4) is 0 Å². The zero-order chi connectivity index (χ0) is 12.1. The van der Waals surface area contributed by atoms with Crippen molar-refractivity contribution in [3.8, 4) is 0 Å². The fourth-order valence-electron chi connectivity index (χ4n) is 1.84. The first-order valence-electron chi connectivity index (χ1n) is 5.71. The molecular weight excluding hydrogens is 234 g/mol. The molecule has 92 valence electrons. The summed E-state index contributed by atoms with van der Waals surface area (Å²) >= 11 is 1.72. The fraction of sp³-hybridized carbons (Fsp3) is 0.417. The molecule has 1 heterocycles. The smallest absolute Gasteiger partial charge is 0.317 e. The maximum absolute atomic E-state index is 11.3. The highest BCUT2D eigenvalue weighted by Gasteiger charge is 2.18. The quantitative estimate of drug-likeness (QED) is 0.785. The molecule has 2 amide bonds. The van der Waals surface area contributed by atoms with Gasteiger partial charge < -0.3 is 15.5 Å². The lowest BCUT2D eigenvalue weighted by Gasteiger charge is -2.16. The van der Waals surface area contributed by atoms with Crippen molar-refractivity contribution in [3.05, 3.63) is 24.3 Å². The van der Waals surface area contributed by atoms with Gasteiger partial charge in [0, 0.05) is 36.8 Å². The zero-order valence-corrected chi connectivity index (χ0v) is 10.7. The summed E-state index contributed by atoms with van der Waals surface area (Å²) in [5, 5.41) is 6.17. The molecule has 17 heavy (non-hydrogen) atoms. The fourth-order valence-corrected chi connectivity index (χ4v) is 2.42. The largest absolute Gasteiger partial charge is 0.382 e. The summed E-state index contributed by atoms with van der Waals surface area (Å²) < 4.78 is 0. The first-order valence-corrected chi connectivity index (χ1v) is 6.93. The van der Waals surface area contributed by atoms with E-state index in [2.05, 4.69) is 29.0 Å². The molecule has 0 aliphatic carbocycles. The third kappa shape index (κ3) is 3.06. The molecular formula is C12H17N3OS. The van der Waals surface area contributed by atoms with Crippen LogP contribution in [0.25, 0.3) is 0 Å². The molecule has 0 bridgehead atoms. The predicted molar refractivity (Wildman–Crippen MR) is 71.7 cm³/mol. The molecule has 4 nitrogen and oxygen atoms in total. The van der Waals surface area contributed by atoms with Crippen LogP contribution in [-0.4, -0.2) is 43.4 Å². The van der Waals surface area contributed by atoms with Crippen molar-refractivity contribution in [2.24, 2.45) is 0 Å². The SMILES string of the molecule is CSc1ccccc1NCCN1CCNC1=O. The van der Waals surface area contributed by atoms with Gasteiger partial charge in [0.2, 0.25) is 0 Å². The van der Waals surface area contributed by atoms with E-state index in [1.807, 2.05) is 17.0 Å². The van der Waals surface area contributed by atoms with E-state index in [1.54, 1.807) is 11.8 Å². The minimum Gasteiger partial charge on any atom is -0.382 e. The van der Waals surface area contributed by atoms with Gasteiger partial charge in [0.05, 0.1) is 0 Å². The lowest BCUT2D eigenvalue weighted by molar-refractivity contribution is 0.219. The monoisotopic (exact) mass is 251 g/mol. The van der Waals surface area contributed by atoms with Gasteiger partial charge in [-0.15, -0.1) is 11.8 Å². The number of urea groups is 1. The summed E-state index contributed by atoms with van der Waals surface area (Å²) in [7, 11) is 0. The van der Waals surface area contributed by atoms with Gasteiger partial charge in [-0.2, -0.15) is 0 Å². The summed E-state index contributed by atoms with van der Waals surface area (Å²) in [6.07, 6.45) is 2.06. The molecule has 1 saturated heterocycles. The second-order valence-corrected chi connectivity index (χ2v) is 4.69. The highest BCUT2D eigenvalue weighted by Crippen LogP contribution is 2.24. The Balaban J connectivity index is 1.83. The molecule has 5 heteroatoms. The molecule has 0 radical (unpaired) electrons. The van der Waals surface area contributed by atoms with Gasteiger partial charge in [0.25, 0.3) is 0 Å². The second-order valence-electron chi connectivity index (χ2n) is 3.85. The van der Waals surface area contributed by atoms with Crippen molar-refractivity contribution in [2.75, 3.05) is 37.8 Å². The van der Waals surface area contributed by atoms with Crippen LogP contribution in [0, 0.1) is 0 Å². The number of hydrogen-bond acceptors (Lipinski definition) is 3. The van der Waals surface area contributed by atoms with Gasteiger partial charge in [-0.1, -0.05) is 12.1 Å². The number of anilines is 1. The average molecular weight is 251 g/mol. The van der Waals surface area contributed by atoms with Gasteiger partial charge >= 0.3 is 6.03 Å². The number of nitrogens with zero attached hydrogens (tertiary/aromatic N) is 1. The molecule has 0 unspecified atom stereocenters. The summed E-state index contributed by atoms with van der Waals surface area (Å²) in [5.74, 6) is 0. The van der Waals surface area contributed by atoms with Crippen molar-refractivity contribution in [1.82, 2.24) is 10.2 Å². The van der Waals surface area contributed by atoms with Crippen molar-refractivity contribution in [1.29, 1.82) is 0 Å². The molecule has 1 fully saturated rings. The van der Waals surface area contributed by atoms with E-state index < -0.39 is 0 Å². The van der Waals surface area contributed by atoms with Gasteiger partial charge in [0.15, 0.2) is 0 Å². The summed E-state index contributed by atoms with van der Waals surface area (Å²) in [5.41, 5.74) is 1.14. The number of amides is 2. The molecule has 1 aromatic carbocycles. The summed E-state index contributed by atoms with van der Waals surface area (Å²) in [6, 6.07) is 8.26. The van der Waals surface area contributed by atoms with Crippen LogP contribution in [0.2, 0.25) is 0 Å². The third-order valence-corrected chi connectivity index (χ3v) is 3.55. The van der Waals surface area contributed by atoms with Crippen LogP contribution in [-0.2, 0) is 0 Å². The van der Waals surface area contributed by atoms with E-state index in [0.717, 1.165) is 31.9 Å². The Morgan fingerprint density at radius 1 is 1.47 bits per heavy atom. The Morgan fingerprint density at radius 2 is 2.29 bits per heavy atom. The van der Waals surface area contributed by atoms with Crippen molar-refractivity contribution < 1.29 is 4.79 Å². The van der Waals surface area contributed by atoms with E-state index in [4.69, 9.17) is 0 Å². The highest BCUT2D eigenvalue weighted by molar-refractivity contribution is 7.98. The van der Waals surface area contributed by atoms with Crippen molar-refractivity contribution in [3.63, 3.8) is 0 Å². The van der Waals surface area contributed by atoms with Crippen LogP contribution in [0.4, 0.5) is 10.5 Å². The molecule has 0 aromatic heterocycles. The van der Waals surface area contributed by atoms with Crippen LogP contribution in [0.5, 0.6) is 0 Å². The predicted octanol–water partition coefficient (Wildman–Crippen LogP) is 1.85. The summed E-state index contributed by atoms with van der Waals surface area (Å²) in [6.45, 7) is 3.10. The highest BCUT2D eigenvalue weighted by atomic mass is 32.2. The molecule has 0 spiro atoms. The molecule has 1 aliphatic rings. The molecule has 2 rings (SSSR count). The number of thioether (sulfide) groups is 1. The Kier molecular flexibility index (Phi) is 4.14. The minimum atomic E-state index is 0.0463. The van der Waals surface area contributed by atoms with Crippen LogP contribution >= 0.6 is 11.8 Å². The first kappa shape index (κ1) is 12.1. The number of rotatable bonds is 5. The van der Waals surface area contributed by atoms with Crippen LogP contribution in [0.15, 0.2) is 29.2 Å². The second kappa shape index (κ2) is 5.82. The van der Waals surface area contributed by atoms with E-state index in [9.17, 15) is 4.79 Å². The maximum atomic E-state index is 11.3. The first-order chi connectivity index (χ1) is 8.31. The van der Waals surface area contributed by atoms with E-state index in [1.165, 1.54) is 4.90 Å². The van der Waals surface area contributed by atoms with Gasteiger partial charge in [-0.25, -0.2) is 4.79 Å². The number of carbonyl (C=O) groups is 1. The lowest BCUT2D eigenvalue weighted by atomic mass is 10.3. The molecule has 1 aliphatic heterocycles. The lowest BCUT2D eigenvalue weighted by Crippen LogP contribution is -2.32. The third-order valence-electron chi connectivity index (χ3n) is 2.75. The van der Waals surface area contributed by atoms with E-state index in [-0.39, 0.29) is 6.03 Å². The molecule has 2 N–H and O–H groups in total. The van der Waals surface area contributed by atoms with Gasteiger partial charge in [-0.3, -0.25) is 0 Å².